The lowest BCUT2D eigenvalue weighted by atomic mass is 9.99. The number of fused-ring (bicyclic) bond motifs is 2. The van der Waals surface area contributed by atoms with Crippen LogP contribution in [-0.2, 0) is 40.1 Å². The van der Waals surface area contributed by atoms with E-state index < -0.39 is 6.04 Å². The fourth-order valence-corrected chi connectivity index (χ4v) is 10.6. The van der Waals surface area contributed by atoms with Gasteiger partial charge in [0.2, 0.25) is 17.8 Å². The van der Waals surface area contributed by atoms with Gasteiger partial charge in [-0.2, -0.15) is 0 Å². The lowest BCUT2D eigenvalue weighted by Crippen LogP contribution is -2.63. The summed E-state index contributed by atoms with van der Waals surface area (Å²) in [5, 5.41) is 9.37. The van der Waals surface area contributed by atoms with E-state index in [1.807, 2.05) is 23.2 Å². The molecule has 6 aliphatic heterocycles. The summed E-state index contributed by atoms with van der Waals surface area (Å²) in [7, 11) is 0. The molecule has 13 nitrogen and oxygen atoms in total. The highest BCUT2D eigenvalue weighted by Gasteiger charge is 2.40. The number of ether oxygens (including phenoxy) is 1. The Labute approximate surface area is 367 Å². The summed E-state index contributed by atoms with van der Waals surface area (Å²) in [4.78, 5) is 45.9. The minimum Gasteiger partial charge on any atom is -0.494 e. The molecule has 330 valence electrons. The van der Waals surface area contributed by atoms with Crippen LogP contribution in [-0.4, -0.2) is 108 Å². The molecule has 3 saturated heterocycles. The van der Waals surface area contributed by atoms with E-state index in [-0.39, 0.29) is 21.9 Å². The van der Waals surface area contributed by atoms with Crippen LogP contribution in [0.2, 0.25) is 0 Å². The fourth-order valence-electron chi connectivity index (χ4n) is 10.6. The molecular formula is C48H63FN10O3. The quantitative estimate of drug-likeness (QED) is 0.212. The number of hydrogen-bond acceptors (Lipinski definition) is 12. The van der Waals surface area contributed by atoms with Crippen LogP contribution in [0.1, 0.15) is 66.2 Å². The monoisotopic (exact) mass is 847 g/mol. The van der Waals surface area contributed by atoms with Crippen molar-refractivity contribution in [2.75, 3.05) is 74.1 Å². The van der Waals surface area contributed by atoms with E-state index in [1.54, 1.807) is 0 Å². The van der Waals surface area contributed by atoms with E-state index in [9.17, 15) is 9.59 Å². The van der Waals surface area contributed by atoms with Gasteiger partial charge in [0.1, 0.15) is 24.2 Å². The first-order valence-electron chi connectivity index (χ1n) is 22.4. The molecule has 7 aliphatic rings. The normalized spacial score (nSPS) is 23.2. The second kappa shape index (κ2) is 16.4. The summed E-state index contributed by atoms with van der Waals surface area (Å²) < 4.78 is 21.7. The summed E-state index contributed by atoms with van der Waals surface area (Å²) in [6.07, 6.45) is 6.71. The lowest BCUT2D eigenvalue weighted by molar-refractivity contribution is -0.134. The summed E-state index contributed by atoms with van der Waals surface area (Å²) in [6.45, 7) is 21.8. The molecule has 2 unspecified atom stereocenters. The number of carbonyl (C=O) groups is 2. The molecule has 3 fully saturated rings. The van der Waals surface area contributed by atoms with Gasteiger partial charge in [0, 0.05) is 134 Å². The van der Waals surface area contributed by atoms with Crippen LogP contribution in [0.25, 0.3) is 0 Å². The van der Waals surface area contributed by atoms with Crippen LogP contribution in [0.3, 0.4) is 0 Å². The minimum absolute atomic E-state index is 0. The van der Waals surface area contributed by atoms with Crippen LogP contribution >= 0.6 is 0 Å². The minimum atomic E-state index is -0.408. The average molecular weight is 847 g/mol. The van der Waals surface area contributed by atoms with Crippen molar-refractivity contribution in [3.8, 4) is 0 Å². The molecule has 3 aromatic rings. The van der Waals surface area contributed by atoms with Crippen molar-refractivity contribution in [1.29, 1.82) is 0 Å². The number of carbonyl (C=O) groups excluding carboxylic acids is 2. The molecule has 2 aromatic carbocycles. The third-order valence-corrected chi connectivity index (χ3v) is 14.0. The summed E-state index contributed by atoms with van der Waals surface area (Å²) in [5.74, 6) is 1.31. The number of rotatable bonds is 9. The maximum absolute atomic E-state index is 15.7. The SMILES string of the molecule is C=C(Cc1ccc(Nc2ncc3c(n2)CN(C2=C(C)C4=C(CC(C)C2)OCCN4)CC3)cc1F)N1CCN(C2CN(c3cccc4c3CC(=C)N4C3CCC(=O)NC3=O)C2)CC1.[HH].[HH].[HH]. The van der Waals surface area contributed by atoms with E-state index in [0.717, 1.165) is 111 Å². The van der Waals surface area contributed by atoms with Gasteiger partial charge in [-0.05, 0) is 73.1 Å². The van der Waals surface area contributed by atoms with Crippen molar-refractivity contribution in [2.45, 2.75) is 77.4 Å². The van der Waals surface area contributed by atoms with Gasteiger partial charge < -0.3 is 35.0 Å². The number of allylic oxidation sites excluding steroid dienone is 5. The maximum Gasteiger partial charge on any atom is 0.249 e. The number of halogens is 1. The first-order valence-corrected chi connectivity index (χ1v) is 22.4. The Morgan fingerprint density at radius 2 is 1.87 bits per heavy atom. The van der Waals surface area contributed by atoms with Crippen molar-refractivity contribution >= 4 is 34.8 Å². The number of amides is 2. The molecule has 0 spiro atoms. The highest BCUT2D eigenvalue weighted by molar-refractivity contribution is 6.02. The highest BCUT2D eigenvalue weighted by atomic mass is 19.1. The molecule has 0 bridgehead atoms. The molecule has 7 heterocycles. The molecule has 10 rings (SSSR count). The Hall–Kier alpha value is -5.89. The predicted octanol–water partition coefficient (Wildman–Crippen LogP) is 6.23. The summed E-state index contributed by atoms with van der Waals surface area (Å²) in [5.41, 5.74) is 12.4. The van der Waals surface area contributed by atoms with Gasteiger partial charge in [-0.1, -0.05) is 32.2 Å². The Bertz CT molecular complexity index is 2420. The van der Waals surface area contributed by atoms with E-state index >= 15 is 4.39 Å². The van der Waals surface area contributed by atoms with Gasteiger partial charge in [-0.3, -0.25) is 19.8 Å². The topological polar surface area (TPSA) is 121 Å². The Morgan fingerprint density at radius 3 is 2.68 bits per heavy atom. The third kappa shape index (κ3) is 7.67. The van der Waals surface area contributed by atoms with Crippen molar-refractivity contribution in [3.63, 3.8) is 0 Å². The van der Waals surface area contributed by atoms with E-state index in [4.69, 9.17) is 9.72 Å². The standard InChI is InChI=1S/C48H57FN10O3.3H2/c1-29-20-43(32(4)46-44(21-29)62-19-13-50-46)57-14-12-34-25-51-48(53-39(34)28-57)52-35-9-8-33(38(49)24-35)22-30(2)55-15-17-56(18-16-55)36-26-58(27-36)40-6-5-7-41-37(40)23-31(3)59(41)42-10-11-45(60)54-47(42)61;;;/h5-9,24-25,29,36,42,50H,2-3,10-23,26-28H2,1,4H3,(H,51,52,53)(H,54,60,61);3*1H. The zero-order valence-corrected chi connectivity index (χ0v) is 35.9. The van der Waals surface area contributed by atoms with Gasteiger partial charge in [-0.15, -0.1) is 0 Å². The Balaban J connectivity index is 0.00000210. The number of nitrogens with zero attached hydrogens (tertiary/aromatic N) is 7. The van der Waals surface area contributed by atoms with Gasteiger partial charge in [0.15, 0.2) is 0 Å². The van der Waals surface area contributed by atoms with E-state index in [0.29, 0.717) is 68.0 Å². The van der Waals surface area contributed by atoms with Gasteiger partial charge in [-0.25, -0.2) is 14.4 Å². The van der Waals surface area contributed by atoms with E-state index in [1.165, 1.54) is 28.6 Å². The summed E-state index contributed by atoms with van der Waals surface area (Å²) >= 11 is 0. The van der Waals surface area contributed by atoms with Crippen molar-refractivity contribution in [1.82, 2.24) is 35.3 Å². The van der Waals surface area contributed by atoms with Crippen LogP contribution < -0.4 is 25.8 Å². The van der Waals surface area contributed by atoms with Crippen LogP contribution in [0.15, 0.2) is 89.9 Å². The Kier molecular flexibility index (Phi) is 10.7. The van der Waals surface area contributed by atoms with Crippen molar-refractivity contribution < 1.29 is 23.0 Å². The number of piperidine rings is 1. The zero-order chi connectivity index (χ0) is 42.6. The first kappa shape index (κ1) is 40.2. The largest absolute Gasteiger partial charge is 0.494 e. The van der Waals surface area contributed by atoms with Gasteiger partial charge in [0.25, 0.3) is 0 Å². The zero-order valence-electron chi connectivity index (χ0n) is 35.9. The predicted molar refractivity (Wildman–Crippen MR) is 244 cm³/mol. The average Bonchev–Trinajstić information content (AvgIpc) is 3.52. The molecule has 2 amide bonds. The molecule has 0 radical (unpaired) electrons. The first-order chi connectivity index (χ1) is 30.1. The molecule has 2 atom stereocenters. The number of imide groups is 1. The number of anilines is 4. The Morgan fingerprint density at radius 1 is 1.05 bits per heavy atom. The molecule has 3 N–H and O–H groups in total. The van der Waals surface area contributed by atoms with Crippen LogP contribution in [0.5, 0.6) is 0 Å². The number of piperazine rings is 1. The molecule has 0 saturated carbocycles. The smallest absolute Gasteiger partial charge is 0.249 e. The van der Waals surface area contributed by atoms with Crippen molar-refractivity contribution in [2.24, 2.45) is 5.92 Å². The van der Waals surface area contributed by atoms with Crippen LogP contribution in [0.4, 0.5) is 27.4 Å². The highest BCUT2D eigenvalue weighted by Crippen LogP contribution is 2.43. The summed E-state index contributed by atoms with van der Waals surface area (Å²) in [6, 6.07) is 11.6. The van der Waals surface area contributed by atoms with Gasteiger partial charge >= 0.3 is 0 Å². The lowest BCUT2D eigenvalue weighted by Gasteiger charge is -2.50. The second-order valence-electron chi connectivity index (χ2n) is 18.1. The third-order valence-electron chi connectivity index (χ3n) is 14.0. The molecule has 1 aromatic heterocycles. The molecule has 1 aliphatic carbocycles. The number of hydrogen-bond donors (Lipinski definition) is 3. The maximum atomic E-state index is 15.7. The van der Waals surface area contributed by atoms with E-state index in [2.05, 4.69) is 85.7 Å². The van der Waals surface area contributed by atoms with Gasteiger partial charge in [0.05, 0.1) is 17.9 Å². The number of aromatic nitrogens is 2. The molecule has 14 heteroatoms. The fraction of sp³-hybridized carbons (Fsp3) is 0.458. The number of nitrogens with one attached hydrogen (secondary N) is 3. The van der Waals surface area contributed by atoms with Crippen LogP contribution in [0, 0.1) is 11.7 Å². The van der Waals surface area contributed by atoms with Crippen molar-refractivity contribution in [3.05, 3.63) is 118 Å². The number of benzene rings is 2. The molecular weight excluding hydrogens is 784 g/mol. The molecule has 62 heavy (non-hydrogen) atoms. The second-order valence-corrected chi connectivity index (χ2v) is 18.1.